The van der Waals surface area contributed by atoms with Gasteiger partial charge in [-0.05, 0) is 50.4 Å². The lowest BCUT2D eigenvalue weighted by Crippen LogP contribution is -2.44. The molecular weight excluding hydrogens is 410 g/mol. The third kappa shape index (κ3) is 4.76. The minimum atomic E-state index is -0.278. The predicted octanol–water partition coefficient (Wildman–Crippen LogP) is 2.82. The minimum absolute atomic E-state index is 0.00305. The Kier molecular flexibility index (Phi) is 6.65. The molecule has 146 valence electrons. The summed E-state index contributed by atoms with van der Waals surface area (Å²) in [4.78, 5) is 40.7. The molecule has 0 saturated carbocycles. The molecule has 3 rings (SSSR count). The van der Waals surface area contributed by atoms with Crippen LogP contribution in [-0.2, 0) is 4.79 Å². The molecule has 2 heterocycles. The highest BCUT2D eigenvalue weighted by molar-refractivity contribution is 9.10. The van der Waals surface area contributed by atoms with Crippen LogP contribution in [0.5, 0.6) is 0 Å². The van der Waals surface area contributed by atoms with Crippen molar-refractivity contribution < 1.29 is 14.4 Å². The van der Waals surface area contributed by atoms with E-state index in [2.05, 4.69) is 33.1 Å². The molecule has 3 amide bonds. The number of carbonyl (C=O) groups is 3. The molecule has 1 aromatic carbocycles. The Morgan fingerprint density at radius 1 is 1.15 bits per heavy atom. The Bertz CT molecular complexity index is 729. The number of piperidine rings is 1. The molecule has 1 saturated heterocycles. The van der Waals surface area contributed by atoms with Gasteiger partial charge in [-0.25, -0.2) is 0 Å². The Morgan fingerprint density at radius 3 is 2.56 bits per heavy atom. The normalized spacial score (nSPS) is 18.1. The van der Waals surface area contributed by atoms with Crippen LogP contribution in [0, 0.1) is 0 Å². The van der Waals surface area contributed by atoms with Crippen LogP contribution in [-0.4, -0.2) is 59.7 Å². The number of hydrogen-bond acceptors (Lipinski definition) is 4. The van der Waals surface area contributed by atoms with Crippen LogP contribution >= 0.6 is 15.9 Å². The molecule has 0 aromatic heterocycles. The van der Waals surface area contributed by atoms with Gasteiger partial charge in [0.15, 0.2) is 0 Å². The summed E-state index contributed by atoms with van der Waals surface area (Å²) in [6.07, 6.45) is 3.93. The smallest absolute Gasteiger partial charge is 0.261 e. The van der Waals surface area contributed by atoms with Crippen LogP contribution in [0.15, 0.2) is 22.7 Å². The van der Waals surface area contributed by atoms with Crippen molar-refractivity contribution in [2.75, 3.05) is 26.2 Å². The van der Waals surface area contributed by atoms with Gasteiger partial charge in [0.25, 0.3) is 11.8 Å². The predicted molar refractivity (Wildman–Crippen MR) is 107 cm³/mol. The van der Waals surface area contributed by atoms with Gasteiger partial charge >= 0.3 is 0 Å². The van der Waals surface area contributed by atoms with E-state index < -0.39 is 0 Å². The van der Waals surface area contributed by atoms with E-state index in [0.717, 1.165) is 43.4 Å². The zero-order valence-corrected chi connectivity index (χ0v) is 17.3. The highest BCUT2D eigenvalue weighted by Crippen LogP contribution is 2.26. The first kappa shape index (κ1) is 20.0. The van der Waals surface area contributed by atoms with Gasteiger partial charge in [-0.15, -0.1) is 0 Å². The van der Waals surface area contributed by atoms with Crippen molar-refractivity contribution in [2.45, 2.75) is 45.1 Å². The van der Waals surface area contributed by atoms with Gasteiger partial charge in [0.1, 0.15) is 0 Å². The molecule has 0 atom stereocenters. The molecule has 27 heavy (non-hydrogen) atoms. The first-order valence-corrected chi connectivity index (χ1v) is 10.5. The number of fused-ring (bicyclic) bond motifs is 1. The number of nitrogens with zero attached hydrogens (tertiary/aromatic N) is 2. The summed E-state index contributed by atoms with van der Waals surface area (Å²) in [5.41, 5.74) is 0.865. The molecule has 6 nitrogen and oxygen atoms in total. The van der Waals surface area contributed by atoms with Gasteiger partial charge in [-0.2, -0.15) is 0 Å². The van der Waals surface area contributed by atoms with Gasteiger partial charge in [-0.3, -0.25) is 19.3 Å². The van der Waals surface area contributed by atoms with Crippen LogP contribution in [0.25, 0.3) is 0 Å². The van der Waals surface area contributed by atoms with E-state index in [1.165, 1.54) is 4.90 Å². The van der Waals surface area contributed by atoms with E-state index in [-0.39, 0.29) is 30.3 Å². The summed E-state index contributed by atoms with van der Waals surface area (Å²) in [6.45, 7) is 5.64. The highest BCUT2D eigenvalue weighted by atomic mass is 79.9. The van der Waals surface area contributed by atoms with Crippen molar-refractivity contribution >= 4 is 33.7 Å². The molecule has 0 radical (unpaired) electrons. The molecule has 0 bridgehead atoms. The van der Waals surface area contributed by atoms with Crippen molar-refractivity contribution in [2.24, 2.45) is 0 Å². The van der Waals surface area contributed by atoms with Crippen LogP contribution in [0.3, 0.4) is 0 Å². The lowest BCUT2D eigenvalue weighted by atomic mass is 10.0. The van der Waals surface area contributed by atoms with Crippen molar-refractivity contribution in [3.63, 3.8) is 0 Å². The number of halogens is 1. The maximum absolute atomic E-state index is 12.4. The second-order valence-corrected chi connectivity index (χ2v) is 8.15. The third-order valence-corrected chi connectivity index (χ3v) is 5.70. The molecule has 2 aliphatic heterocycles. The number of benzene rings is 1. The second-order valence-electron chi connectivity index (χ2n) is 7.24. The lowest BCUT2D eigenvalue weighted by Gasteiger charge is -2.32. The number of imide groups is 1. The largest absolute Gasteiger partial charge is 0.353 e. The van der Waals surface area contributed by atoms with E-state index >= 15 is 0 Å². The molecule has 0 unspecified atom stereocenters. The molecular formula is C20H26BrN3O3. The molecule has 2 aliphatic rings. The summed E-state index contributed by atoms with van der Waals surface area (Å²) in [5, 5.41) is 3.09. The minimum Gasteiger partial charge on any atom is -0.353 e. The first-order chi connectivity index (χ1) is 13.0. The number of rotatable bonds is 7. The van der Waals surface area contributed by atoms with E-state index in [0.29, 0.717) is 24.0 Å². The second kappa shape index (κ2) is 8.97. The average Bonchev–Trinajstić information content (AvgIpc) is 2.88. The standard InChI is InChI=1S/C20H26BrN3O3/c1-2-9-23-11-7-15(8-12-23)22-18(25)4-3-10-24-19(26)16-6-5-14(21)13-17(16)20(24)27/h5-6,13,15H,2-4,7-12H2,1H3,(H,22,25). The SMILES string of the molecule is CCCN1CCC(NC(=O)CCCN2C(=O)c3ccc(Br)cc3C2=O)CC1. The molecule has 7 heteroatoms. The van der Waals surface area contributed by atoms with Gasteiger partial charge in [-0.1, -0.05) is 22.9 Å². The number of nitrogens with one attached hydrogen (secondary N) is 1. The summed E-state index contributed by atoms with van der Waals surface area (Å²) in [6, 6.07) is 5.33. The Morgan fingerprint density at radius 2 is 1.85 bits per heavy atom. The fraction of sp³-hybridized carbons (Fsp3) is 0.550. The van der Waals surface area contributed by atoms with E-state index in [4.69, 9.17) is 0 Å². The number of likely N-dealkylation sites (tertiary alicyclic amines) is 1. The van der Waals surface area contributed by atoms with Gasteiger partial charge in [0.05, 0.1) is 11.1 Å². The number of carbonyl (C=O) groups excluding carboxylic acids is 3. The highest BCUT2D eigenvalue weighted by Gasteiger charge is 2.35. The zero-order valence-electron chi connectivity index (χ0n) is 15.7. The average molecular weight is 436 g/mol. The lowest BCUT2D eigenvalue weighted by molar-refractivity contribution is -0.122. The molecule has 0 spiro atoms. The van der Waals surface area contributed by atoms with E-state index in [9.17, 15) is 14.4 Å². The van der Waals surface area contributed by atoms with Crippen molar-refractivity contribution in [1.29, 1.82) is 0 Å². The summed E-state index contributed by atoms with van der Waals surface area (Å²) >= 11 is 3.33. The maximum Gasteiger partial charge on any atom is 0.261 e. The summed E-state index contributed by atoms with van der Waals surface area (Å²) in [7, 11) is 0. The number of amides is 3. The Hall–Kier alpha value is -1.73. The molecule has 0 aliphatic carbocycles. The van der Waals surface area contributed by atoms with Crippen LogP contribution in [0.1, 0.15) is 59.7 Å². The van der Waals surface area contributed by atoms with Crippen molar-refractivity contribution in [3.8, 4) is 0 Å². The van der Waals surface area contributed by atoms with Crippen molar-refractivity contribution in [1.82, 2.24) is 15.1 Å². The maximum atomic E-state index is 12.4. The molecule has 1 N–H and O–H groups in total. The summed E-state index contributed by atoms with van der Waals surface area (Å²) < 4.78 is 0.772. The first-order valence-electron chi connectivity index (χ1n) is 9.67. The van der Waals surface area contributed by atoms with E-state index in [1.807, 2.05) is 0 Å². The van der Waals surface area contributed by atoms with Crippen molar-refractivity contribution in [3.05, 3.63) is 33.8 Å². The fourth-order valence-electron chi connectivity index (χ4n) is 3.78. The Labute approximate surface area is 168 Å². The number of hydrogen-bond donors (Lipinski definition) is 1. The van der Waals surface area contributed by atoms with Crippen LogP contribution in [0.2, 0.25) is 0 Å². The van der Waals surface area contributed by atoms with Crippen LogP contribution in [0.4, 0.5) is 0 Å². The fourth-order valence-corrected chi connectivity index (χ4v) is 4.14. The molecule has 1 aromatic rings. The topological polar surface area (TPSA) is 69.7 Å². The zero-order chi connectivity index (χ0) is 19.4. The monoisotopic (exact) mass is 435 g/mol. The van der Waals surface area contributed by atoms with E-state index in [1.54, 1.807) is 18.2 Å². The molecule has 1 fully saturated rings. The Balaban J connectivity index is 1.42. The summed E-state index contributed by atoms with van der Waals surface area (Å²) in [5.74, 6) is -0.547. The van der Waals surface area contributed by atoms with Gasteiger partial charge < -0.3 is 10.2 Å². The van der Waals surface area contributed by atoms with Gasteiger partial charge in [0, 0.05) is 36.6 Å². The van der Waals surface area contributed by atoms with Gasteiger partial charge in [0.2, 0.25) is 5.91 Å². The van der Waals surface area contributed by atoms with Crippen LogP contribution < -0.4 is 5.32 Å². The third-order valence-electron chi connectivity index (χ3n) is 5.21. The quantitative estimate of drug-likeness (QED) is 0.668.